The molecule has 0 aliphatic rings. The van der Waals surface area contributed by atoms with Gasteiger partial charge in [0, 0.05) is 41.8 Å². The second-order valence-corrected chi connectivity index (χ2v) is 3.42. The Labute approximate surface area is 256 Å². The smallest absolute Gasteiger partial charge is 0.819 e. The van der Waals surface area contributed by atoms with Crippen molar-refractivity contribution < 1.29 is 154 Å². The van der Waals surface area contributed by atoms with E-state index in [9.17, 15) is 0 Å². The molecule has 0 N–H and O–H groups in total. The third-order valence-electron chi connectivity index (χ3n) is 1.51. The number of nitriles is 5. The Hall–Kier alpha value is 2.15. The van der Waals surface area contributed by atoms with Gasteiger partial charge in [0.25, 0.3) is 0 Å². The molecule has 0 fully saturated rings. The Balaban J connectivity index is -0.000000427. The van der Waals surface area contributed by atoms with Crippen LogP contribution in [-0.4, -0.2) is 0 Å². The van der Waals surface area contributed by atoms with Gasteiger partial charge in [-0.2, -0.15) is 0 Å². The molecule has 10 heteroatoms. The number of rotatable bonds is 2. The summed E-state index contributed by atoms with van der Waals surface area (Å²) >= 11 is 9.19. The Bertz CT molecular complexity index is 573. The van der Waals surface area contributed by atoms with E-state index in [0.29, 0.717) is 0 Å². The van der Waals surface area contributed by atoms with Crippen molar-refractivity contribution in [2.45, 2.75) is 0 Å². The van der Waals surface area contributed by atoms with Gasteiger partial charge < -0.3 is 29.5 Å². The third-order valence-corrected chi connectivity index (χ3v) is 1.92. The normalized spacial score (nSPS) is 5.95. The molecule has 0 aromatic carbocycles. The fraction of sp³-hybridized carbons (Fsp3) is 0. The largest absolute Gasteiger partial charge is 1.00 e. The molecule has 0 unspecified atom stereocenters. The molecular weight excluding hydrogens is 372 g/mol. The molecule has 0 amide bonds. The fourth-order valence-electron chi connectivity index (χ4n) is 0.852. The Morgan fingerprint density at radius 1 is 0.750 bits per heavy atom. The van der Waals surface area contributed by atoms with Gasteiger partial charge in [-0.3, -0.25) is 0 Å². The minimum atomic E-state index is -0.549. The van der Waals surface area contributed by atoms with Crippen LogP contribution in [-0.2, 0) is 25.3 Å². The van der Waals surface area contributed by atoms with Crippen LogP contribution < -0.4 is 154 Å². The van der Waals surface area contributed by atoms with Crippen molar-refractivity contribution in [1.82, 2.24) is 0 Å². The number of allylic oxidation sites excluding steroid dienone is 3. The maximum absolute atomic E-state index is 8.82. The van der Waals surface area contributed by atoms with E-state index in [-0.39, 0.29) is 164 Å². The average molecular weight is 372 g/mol. The molecular formula is C10K3N5S2. The van der Waals surface area contributed by atoms with Crippen molar-refractivity contribution in [3.8, 4) is 30.3 Å². The van der Waals surface area contributed by atoms with E-state index in [0.717, 1.165) is 0 Å². The molecule has 0 aromatic heterocycles. The molecule has 80 valence electrons. The zero-order valence-corrected chi connectivity index (χ0v) is 22.1. The van der Waals surface area contributed by atoms with Crippen LogP contribution in [0.1, 0.15) is 0 Å². The summed E-state index contributed by atoms with van der Waals surface area (Å²) in [5.74, 6) is -0.549. The summed E-state index contributed by atoms with van der Waals surface area (Å²) < 4.78 is -0.312. The topological polar surface area (TPSA) is 119 Å². The Morgan fingerprint density at radius 2 is 1.15 bits per heavy atom. The van der Waals surface area contributed by atoms with Crippen LogP contribution in [0.2, 0.25) is 0 Å². The second-order valence-electron chi connectivity index (χ2n) is 2.35. The quantitative estimate of drug-likeness (QED) is 0.155. The van der Waals surface area contributed by atoms with Crippen LogP contribution in [0.5, 0.6) is 0 Å². The van der Waals surface area contributed by atoms with Gasteiger partial charge in [0.1, 0.15) is 0 Å². The van der Waals surface area contributed by atoms with Gasteiger partial charge >= 0.3 is 154 Å². The summed E-state index contributed by atoms with van der Waals surface area (Å²) in [4.78, 5) is 0. The first-order chi connectivity index (χ1) is 8.06. The monoisotopic (exact) mass is 371 g/mol. The van der Waals surface area contributed by atoms with Crippen molar-refractivity contribution in [2.24, 2.45) is 0 Å². The van der Waals surface area contributed by atoms with Gasteiger partial charge in [-0.1, -0.05) is 5.57 Å². The molecule has 0 saturated heterocycles. The Morgan fingerprint density at radius 3 is 1.35 bits per heavy atom. The zero-order valence-electron chi connectivity index (χ0n) is 11.1. The molecule has 0 radical (unpaired) electrons. The minimum Gasteiger partial charge on any atom is -0.819 e. The van der Waals surface area contributed by atoms with Crippen LogP contribution in [0.15, 0.2) is 21.0 Å². The van der Waals surface area contributed by atoms with Crippen LogP contribution in [0.4, 0.5) is 0 Å². The Kier molecular flexibility index (Phi) is 26.3. The van der Waals surface area contributed by atoms with E-state index < -0.39 is 17.1 Å². The maximum atomic E-state index is 8.82. The second kappa shape index (κ2) is 17.5. The molecule has 0 atom stereocenters. The van der Waals surface area contributed by atoms with E-state index in [1.807, 2.05) is 0 Å². The van der Waals surface area contributed by atoms with Gasteiger partial charge in [0.15, 0.2) is 0 Å². The molecule has 0 spiro atoms. The van der Waals surface area contributed by atoms with E-state index in [1.165, 1.54) is 24.3 Å². The first-order valence-corrected chi connectivity index (χ1v) is 4.59. The van der Waals surface area contributed by atoms with Crippen LogP contribution >= 0.6 is 0 Å². The summed E-state index contributed by atoms with van der Waals surface area (Å²) in [7, 11) is 0. The summed E-state index contributed by atoms with van der Waals surface area (Å²) in [6.45, 7) is 0. The molecule has 0 rings (SSSR count). The van der Waals surface area contributed by atoms with Gasteiger partial charge in [-0.05, 0) is 0 Å². The first kappa shape index (κ1) is 30.1. The molecule has 5 nitrogen and oxygen atoms in total. The first-order valence-electron chi connectivity index (χ1n) is 3.78. The van der Waals surface area contributed by atoms with Crippen LogP contribution in [0.25, 0.3) is 0 Å². The molecule has 0 saturated carbocycles. The SMILES string of the molecule is N#CC(C#N)=C(C(C#N)=C([S-])[S-])[C-](C#N)C#N.[K+].[K+].[K+]. The molecule has 0 bridgehead atoms. The predicted molar refractivity (Wildman–Crippen MR) is 60.1 cm³/mol. The van der Waals surface area contributed by atoms with E-state index in [4.69, 9.17) is 26.3 Å². The van der Waals surface area contributed by atoms with Gasteiger partial charge in [-0.25, -0.2) is 26.3 Å². The molecule has 20 heavy (non-hydrogen) atoms. The molecule has 0 heterocycles. The van der Waals surface area contributed by atoms with Crippen LogP contribution in [0, 0.1) is 62.6 Å². The summed E-state index contributed by atoms with van der Waals surface area (Å²) in [6, 6.07) is 7.54. The third kappa shape index (κ3) is 9.32. The number of hydrogen-bond acceptors (Lipinski definition) is 7. The van der Waals surface area contributed by atoms with Crippen LogP contribution in [0.3, 0.4) is 0 Å². The molecule has 0 aromatic rings. The number of hydrogen-bond donors (Lipinski definition) is 0. The fourth-order valence-corrected chi connectivity index (χ4v) is 1.15. The molecule has 0 aliphatic heterocycles. The maximum Gasteiger partial charge on any atom is 1.00 e. The molecule has 0 aliphatic carbocycles. The van der Waals surface area contributed by atoms with Gasteiger partial charge in [-0.15, -0.1) is 5.57 Å². The predicted octanol–water partition coefficient (Wildman–Crippen LogP) is -8.21. The van der Waals surface area contributed by atoms with E-state index >= 15 is 0 Å². The summed E-state index contributed by atoms with van der Waals surface area (Å²) in [5, 5.41) is 43.6. The van der Waals surface area contributed by atoms with Gasteiger partial charge in [0.05, 0.1) is 0 Å². The standard InChI is InChI=1S/C10H2N5S2.3K/c11-1-6(2-12)9(7(3-13)4-14)8(5-15)10(16)17;;;/h16-17H;;;/q-1;3*+1/p-2. The summed E-state index contributed by atoms with van der Waals surface area (Å²) in [5.41, 5.74) is -1.32. The zero-order chi connectivity index (χ0) is 13.4. The average Bonchev–Trinajstić information content (AvgIpc) is 2.32. The van der Waals surface area contributed by atoms with Crippen molar-refractivity contribution in [3.05, 3.63) is 26.9 Å². The van der Waals surface area contributed by atoms with E-state index in [1.54, 1.807) is 6.07 Å². The van der Waals surface area contributed by atoms with Crippen molar-refractivity contribution in [1.29, 1.82) is 26.3 Å². The van der Waals surface area contributed by atoms with Crippen molar-refractivity contribution in [3.63, 3.8) is 0 Å². The van der Waals surface area contributed by atoms with E-state index in [2.05, 4.69) is 25.3 Å². The summed E-state index contributed by atoms with van der Waals surface area (Å²) in [6.07, 6.45) is 0. The van der Waals surface area contributed by atoms with Gasteiger partial charge in [0.2, 0.25) is 0 Å². The minimum absolute atomic E-state index is 0. The van der Waals surface area contributed by atoms with Crippen molar-refractivity contribution in [2.75, 3.05) is 0 Å². The van der Waals surface area contributed by atoms with Crippen molar-refractivity contribution >= 4 is 25.3 Å². The number of nitrogens with zero attached hydrogens (tertiary/aromatic N) is 5.